The predicted molar refractivity (Wildman–Crippen MR) is 567 cm³/mol. The molecule has 9 aromatic heterocycles. The molecule has 0 radical (unpaired) electrons. The van der Waals surface area contributed by atoms with Gasteiger partial charge in [0, 0.05) is 174 Å². The van der Waals surface area contributed by atoms with E-state index in [4.69, 9.17) is 25.0 Å². The largest absolute Gasteiger partial charge is 0.488 e. The molecule has 0 aliphatic heterocycles. The van der Waals surface area contributed by atoms with Crippen LogP contribution in [-0.4, -0.2) is 46.6 Å². The number of nitrogens with one attached hydrogen (secondary N) is 1. The highest BCUT2D eigenvalue weighted by Gasteiger charge is 2.23. The van der Waals surface area contributed by atoms with Crippen molar-refractivity contribution >= 4 is 283 Å². The van der Waals surface area contributed by atoms with E-state index in [1.807, 2.05) is 161 Å². The van der Waals surface area contributed by atoms with Crippen molar-refractivity contribution in [3.63, 3.8) is 0 Å². The Bertz CT molecular complexity index is 8940. The van der Waals surface area contributed by atoms with Crippen LogP contribution in [-0.2, 0) is 0 Å². The van der Waals surface area contributed by atoms with Crippen molar-refractivity contribution < 1.29 is 15.0 Å². The second-order valence-electron chi connectivity index (χ2n) is 31.3. The summed E-state index contributed by atoms with van der Waals surface area (Å²) in [5, 5.41) is 50.0. The van der Waals surface area contributed by atoms with E-state index in [2.05, 4.69) is 302 Å². The molecule has 0 aliphatic rings. The molecule has 0 unspecified atom stereocenters. The number of halogens is 2. The summed E-state index contributed by atoms with van der Waals surface area (Å²) in [6, 6.07) is 137. The molecule has 620 valence electrons. The zero-order chi connectivity index (χ0) is 87.5. The third-order valence-corrected chi connectivity index (χ3v) is 31.5. The number of para-hydroxylation sites is 3. The van der Waals surface area contributed by atoms with Gasteiger partial charge in [-0.3, -0.25) is 10.1 Å². The molecule has 10 nitrogen and oxygen atoms in total. The van der Waals surface area contributed by atoms with E-state index in [0.29, 0.717) is 28.5 Å². The SMILES string of the molecule is Brc1cc(-c2nc(-c3ccccc3)nc(-c3ccccc3)n2)ccc1-n1c2ccccc2c2ccc3sc4ccccc4c3c21.Brc1ccc2sc3ccccc3c2c1.O=[N+]([O-])c1ccccc1-c1ccc2sc3ccccc3c2c1.OB(O)c1ccc2sc3ccccc3c2c1.c1ccc2c(c1)[nH]c1c2ccc2sc3ccccc3c21.c1ccc2c(c1)sc1ccccc12. The summed E-state index contributed by atoms with van der Waals surface area (Å²) in [5.41, 5.74) is 11.0. The van der Waals surface area contributed by atoms with Crippen molar-refractivity contribution in [1.29, 1.82) is 0 Å². The number of hydrogen-bond acceptors (Lipinski definition) is 13. The highest BCUT2D eigenvalue weighted by molar-refractivity contribution is 9.10. The second-order valence-corrected chi connectivity index (χ2v) is 39.5. The van der Waals surface area contributed by atoms with E-state index in [0.717, 1.165) is 47.7 Å². The molecule has 19 heteroatoms. The number of hydrogen-bond donors (Lipinski definition) is 3. The van der Waals surface area contributed by atoms with Gasteiger partial charge in [-0.25, -0.2) is 15.0 Å². The van der Waals surface area contributed by atoms with Gasteiger partial charge in [-0.05, 0) is 160 Å². The van der Waals surface area contributed by atoms with E-state index in [9.17, 15) is 10.1 Å². The minimum Gasteiger partial charge on any atom is -0.423 e. The Kier molecular flexibility index (Phi) is 22.3. The van der Waals surface area contributed by atoms with Crippen LogP contribution in [0.4, 0.5) is 5.69 Å². The van der Waals surface area contributed by atoms with E-state index in [1.165, 1.54) is 154 Å². The van der Waals surface area contributed by atoms with E-state index < -0.39 is 7.12 Å². The molecule has 3 N–H and O–H groups in total. The Labute approximate surface area is 785 Å². The summed E-state index contributed by atoms with van der Waals surface area (Å²) < 4.78 is 20.1. The van der Waals surface area contributed by atoms with E-state index >= 15 is 0 Å². The fraction of sp³-hybridized carbons (Fsp3) is 0. The van der Waals surface area contributed by atoms with Crippen LogP contribution < -0.4 is 5.46 Å². The quantitative estimate of drug-likeness (QED) is 0.0819. The number of nitro groups is 1. The molecule has 0 atom stereocenters. The Hall–Kier alpha value is -13.8. The number of aromatic nitrogens is 5. The summed E-state index contributed by atoms with van der Waals surface area (Å²) in [5.74, 6) is 1.92. The van der Waals surface area contributed by atoms with Gasteiger partial charge in [0.25, 0.3) is 5.69 Å². The normalized spacial score (nSPS) is 11.4. The van der Waals surface area contributed by atoms with Crippen LogP contribution in [0.5, 0.6) is 0 Å². The zero-order valence-corrected chi connectivity index (χ0v) is 76.9. The molecular weight excluding hydrogens is 1840 g/mol. The van der Waals surface area contributed by atoms with Gasteiger partial charge in [0.2, 0.25) is 0 Å². The van der Waals surface area contributed by atoms with Crippen LogP contribution in [0.25, 0.3) is 216 Å². The minimum absolute atomic E-state index is 0.140. The Morgan fingerprint density at radius 1 is 0.308 bits per heavy atom. The first kappa shape index (κ1) is 82.0. The molecule has 0 fully saturated rings. The number of rotatable bonds is 7. The van der Waals surface area contributed by atoms with Gasteiger partial charge in [-0.15, -0.1) is 68.0 Å². The lowest BCUT2D eigenvalue weighted by molar-refractivity contribution is -0.384. The molecule has 9 heterocycles. The van der Waals surface area contributed by atoms with Gasteiger partial charge in [-0.1, -0.05) is 283 Å². The number of fused-ring (bicyclic) bond motifs is 26. The van der Waals surface area contributed by atoms with Crippen molar-refractivity contribution in [1.82, 2.24) is 24.5 Å². The molecule has 130 heavy (non-hydrogen) atoms. The van der Waals surface area contributed by atoms with Crippen molar-refractivity contribution in [3.05, 3.63) is 419 Å². The lowest BCUT2D eigenvalue weighted by atomic mass is 9.80. The van der Waals surface area contributed by atoms with Crippen LogP contribution in [0, 0.1) is 10.1 Å². The van der Waals surface area contributed by atoms with Crippen molar-refractivity contribution in [2.24, 2.45) is 0 Å². The van der Waals surface area contributed by atoms with Crippen molar-refractivity contribution in [2.75, 3.05) is 0 Å². The van der Waals surface area contributed by atoms with Gasteiger partial charge >= 0.3 is 7.12 Å². The topological polar surface area (TPSA) is 143 Å². The number of benzene rings is 18. The van der Waals surface area contributed by atoms with Gasteiger partial charge < -0.3 is 19.6 Å². The van der Waals surface area contributed by atoms with E-state index in [-0.39, 0.29) is 10.6 Å². The molecule has 0 saturated heterocycles. The fourth-order valence-corrected chi connectivity index (χ4v) is 25.0. The third-order valence-electron chi connectivity index (χ3n) is 23.5. The maximum absolute atomic E-state index is 11.2. The molecule has 18 aromatic carbocycles. The smallest absolute Gasteiger partial charge is 0.423 e. The maximum atomic E-state index is 11.2. The van der Waals surface area contributed by atoms with Crippen LogP contribution in [0.1, 0.15) is 0 Å². The highest BCUT2D eigenvalue weighted by Crippen LogP contribution is 2.47. The van der Waals surface area contributed by atoms with Crippen molar-refractivity contribution in [2.45, 2.75) is 0 Å². The molecule has 27 aromatic rings. The van der Waals surface area contributed by atoms with Gasteiger partial charge in [0.05, 0.1) is 32.7 Å². The lowest BCUT2D eigenvalue weighted by Gasteiger charge is -2.13. The number of thiophene rings is 6. The van der Waals surface area contributed by atoms with E-state index in [1.54, 1.807) is 46.9 Å². The molecular formula is C111H69BBr2N6O4S6. The van der Waals surface area contributed by atoms with Crippen molar-refractivity contribution in [3.8, 4) is 51.0 Å². The predicted octanol–water partition coefficient (Wildman–Crippen LogP) is 33.0. The van der Waals surface area contributed by atoms with Gasteiger partial charge in [-0.2, -0.15) is 0 Å². The van der Waals surface area contributed by atoms with Gasteiger partial charge in [0.1, 0.15) is 0 Å². The lowest BCUT2D eigenvalue weighted by Crippen LogP contribution is -2.29. The number of H-pyrrole nitrogens is 1. The molecule has 0 saturated carbocycles. The van der Waals surface area contributed by atoms with Crippen LogP contribution in [0.15, 0.2) is 409 Å². The number of aromatic amines is 1. The summed E-state index contributed by atoms with van der Waals surface area (Å²) >= 11 is 18.4. The molecule has 0 bridgehead atoms. The third kappa shape index (κ3) is 15.6. The first-order valence-electron chi connectivity index (χ1n) is 42.1. The van der Waals surface area contributed by atoms with Crippen LogP contribution >= 0.6 is 99.9 Å². The van der Waals surface area contributed by atoms with Crippen LogP contribution in [0.3, 0.4) is 0 Å². The zero-order valence-electron chi connectivity index (χ0n) is 68.8. The Morgan fingerprint density at radius 2 is 0.692 bits per heavy atom. The molecule has 0 amide bonds. The summed E-state index contributed by atoms with van der Waals surface area (Å²) in [6.07, 6.45) is 0. The molecule has 0 spiro atoms. The standard InChI is InChI=1S/C39H23BrN4S.C18H11NO2S.C18H11NS.C12H9BO2S.C12H7BrS.C12H8S/c40-30-23-26(39-42-37(24-11-3-1-4-12-24)41-38(43-39)25-13-5-2-6-14-25)19-21-32(30)44-31-17-9-7-15-27(31)28-20-22-34-35(36(28)44)29-16-8-10-18-33(29)45-34;20-19(21)16-7-3-1-5-13(16)12-9-10-18-15(11-12)14-6-2-4-8-17(14)22-18;1-3-7-14-11(5-1)12-9-10-16-17(18(12)19-14)13-6-2-4-8-15(13)20-16;14-13(15)8-5-6-12-10(7-8)9-3-1-2-4-11(9)16-12;13-8-5-6-12-10(7-8)9-3-1-2-4-11(9)14-12;1-3-7-11-9(5-1)10-6-2-4-8-12(10)13-11/h1-23H;1-11H;1-10,19H;1-7,14-15H;1-7H;1-8H. The van der Waals surface area contributed by atoms with Gasteiger partial charge in [0.15, 0.2) is 17.5 Å². The Morgan fingerprint density at radius 3 is 1.23 bits per heavy atom. The Balaban J connectivity index is 0.0000000983. The average Bonchev–Trinajstić information content (AvgIpc) is 1.36. The monoisotopic (exact) mass is 1910 g/mol. The fourth-order valence-electron chi connectivity index (χ4n) is 17.5. The highest BCUT2D eigenvalue weighted by atomic mass is 79.9. The second kappa shape index (κ2) is 35.4. The maximum Gasteiger partial charge on any atom is 0.488 e. The first-order chi connectivity index (χ1) is 63.9. The average molecular weight is 1910 g/mol. The van der Waals surface area contributed by atoms with Crippen LogP contribution in [0.2, 0.25) is 0 Å². The molecule has 27 rings (SSSR count). The summed E-state index contributed by atoms with van der Waals surface area (Å²) in [4.78, 5) is 29.3. The molecule has 0 aliphatic carbocycles. The number of nitro benzene ring substituents is 1. The summed E-state index contributed by atoms with van der Waals surface area (Å²) in [6.45, 7) is 0. The number of nitrogens with zero attached hydrogens (tertiary/aromatic N) is 5. The minimum atomic E-state index is -1.40. The summed E-state index contributed by atoms with van der Waals surface area (Å²) in [7, 11) is -1.40. The first-order valence-corrected chi connectivity index (χ1v) is 48.6.